The van der Waals surface area contributed by atoms with Crippen LogP contribution in [0.5, 0.6) is 0 Å². The van der Waals surface area contributed by atoms with E-state index in [9.17, 15) is 31.9 Å². The summed E-state index contributed by atoms with van der Waals surface area (Å²) in [6.45, 7) is -0.310. The van der Waals surface area contributed by atoms with E-state index in [0.29, 0.717) is 4.90 Å². The maximum Gasteiger partial charge on any atom is 0.416 e. The van der Waals surface area contributed by atoms with Crippen molar-refractivity contribution in [1.82, 2.24) is 5.32 Å². The van der Waals surface area contributed by atoms with Crippen LogP contribution in [0.3, 0.4) is 0 Å². The van der Waals surface area contributed by atoms with Crippen molar-refractivity contribution in [3.8, 4) is 0 Å². The molecule has 11 heteroatoms. The lowest BCUT2D eigenvalue weighted by molar-refractivity contribution is -0.137. The third-order valence-corrected chi connectivity index (χ3v) is 4.43. The Morgan fingerprint density at radius 2 is 1.79 bits per heavy atom. The maximum absolute atomic E-state index is 13.3. The van der Waals surface area contributed by atoms with E-state index in [1.54, 1.807) is 0 Å². The van der Waals surface area contributed by atoms with Crippen molar-refractivity contribution in [2.24, 2.45) is 5.92 Å². The number of amides is 4. The second-order valence-electron chi connectivity index (χ2n) is 6.08. The molecule has 1 heterocycles. The number of rotatable bonds is 3. The number of nitrogens with one attached hydrogen (secondary N) is 2. The second kappa shape index (κ2) is 7.70. The molecule has 2 aromatic rings. The van der Waals surface area contributed by atoms with Crippen LogP contribution in [0.25, 0.3) is 0 Å². The summed E-state index contributed by atoms with van der Waals surface area (Å²) in [5, 5.41) is 4.38. The van der Waals surface area contributed by atoms with Crippen molar-refractivity contribution in [1.29, 1.82) is 0 Å². The first-order chi connectivity index (χ1) is 13.6. The predicted octanol–water partition coefficient (Wildman–Crippen LogP) is 3.81. The van der Waals surface area contributed by atoms with E-state index < -0.39 is 41.3 Å². The Kier molecular flexibility index (Phi) is 5.47. The van der Waals surface area contributed by atoms with Gasteiger partial charge < -0.3 is 10.6 Å². The number of carbonyl (C=O) groups excluding carboxylic acids is 3. The molecule has 0 spiro atoms. The van der Waals surface area contributed by atoms with Gasteiger partial charge in [-0.15, -0.1) is 0 Å². The minimum atomic E-state index is -4.52. The first kappa shape index (κ1) is 20.6. The van der Waals surface area contributed by atoms with Gasteiger partial charge in [-0.1, -0.05) is 11.6 Å². The smallest absolute Gasteiger partial charge is 0.336 e. The Morgan fingerprint density at radius 1 is 1.14 bits per heavy atom. The zero-order valence-electron chi connectivity index (χ0n) is 14.4. The van der Waals surface area contributed by atoms with Gasteiger partial charge in [-0.2, -0.15) is 13.2 Å². The zero-order valence-corrected chi connectivity index (χ0v) is 15.1. The quantitative estimate of drug-likeness (QED) is 0.575. The lowest BCUT2D eigenvalue weighted by Crippen LogP contribution is -2.58. The van der Waals surface area contributed by atoms with E-state index in [0.717, 1.165) is 42.5 Å². The van der Waals surface area contributed by atoms with Gasteiger partial charge in [0.15, 0.2) is 0 Å². The predicted molar refractivity (Wildman–Crippen MR) is 95.9 cm³/mol. The first-order valence-corrected chi connectivity index (χ1v) is 8.50. The van der Waals surface area contributed by atoms with E-state index in [1.807, 2.05) is 0 Å². The third kappa shape index (κ3) is 4.32. The van der Waals surface area contributed by atoms with Gasteiger partial charge in [-0.25, -0.2) is 14.1 Å². The van der Waals surface area contributed by atoms with Gasteiger partial charge in [-0.05, 0) is 42.5 Å². The van der Waals surface area contributed by atoms with Crippen LogP contribution in [0.15, 0.2) is 42.5 Å². The van der Waals surface area contributed by atoms with E-state index >= 15 is 0 Å². The Morgan fingerprint density at radius 3 is 2.38 bits per heavy atom. The normalized spacial score (nSPS) is 17.1. The fraction of sp³-hybridized carbons (Fsp3) is 0.167. The molecule has 29 heavy (non-hydrogen) atoms. The number of anilines is 2. The first-order valence-electron chi connectivity index (χ1n) is 8.13. The second-order valence-corrected chi connectivity index (χ2v) is 6.48. The molecule has 1 saturated heterocycles. The summed E-state index contributed by atoms with van der Waals surface area (Å²) in [5.41, 5.74) is -0.883. The SMILES string of the molecule is O=C(Nc1ccc(C(F)(F)F)cc1)C1CNC(=O)N(c2ccc(F)c(Cl)c2)C1=O. The molecule has 0 saturated carbocycles. The standard InChI is InChI=1S/C18H12ClF4N3O3/c19-13-7-11(5-6-14(13)20)26-16(28)12(8-24-17(26)29)15(27)25-10-3-1-9(2-4-10)18(21,22)23/h1-7,12H,8H2,(H,24,29)(H,25,27). The van der Waals surface area contributed by atoms with Crippen LogP contribution in [-0.2, 0) is 15.8 Å². The molecule has 0 aromatic heterocycles. The molecule has 0 aliphatic carbocycles. The van der Waals surface area contributed by atoms with Crippen LogP contribution in [0.4, 0.5) is 33.7 Å². The fourth-order valence-electron chi connectivity index (χ4n) is 2.66. The number of nitrogens with zero attached hydrogens (tertiary/aromatic N) is 1. The number of imide groups is 1. The molecule has 2 N–H and O–H groups in total. The number of carbonyl (C=O) groups is 3. The van der Waals surface area contributed by atoms with Crippen LogP contribution in [0.2, 0.25) is 5.02 Å². The Labute approximate surface area is 166 Å². The highest BCUT2D eigenvalue weighted by atomic mass is 35.5. The van der Waals surface area contributed by atoms with E-state index in [4.69, 9.17) is 11.6 Å². The molecule has 4 amide bonds. The third-order valence-electron chi connectivity index (χ3n) is 4.14. The molecule has 1 atom stereocenters. The summed E-state index contributed by atoms with van der Waals surface area (Å²) in [4.78, 5) is 37.8. The molecule has 0 bridgehead atoms. The van der Waals surface area contributed by atoms with Crippen molar-refractivity contribution >= 4 is 40.8 Å². The summed E-state index contributed by atoms with van der Waals surface area (Å²) < 4.78 is 51.2. The van der Waals surface area contributed by atoms with Crippen molar-refractivity contribution in [3.63, 3.8) is 0 Å². The topological polar surface area (TPSA) is 78.5 Å². The summed E-state index contributed by atoms with van der Waals surface area (Å²) in [6.07, 6.45) is -4.52. The van der Waals surface area contributed by atoms with E-state index in [1.165, 1.54) is 0 Å². The summed E-state index contributed by atoms with van der Waals surface area (Å²) in [5.74, 6) is -3.82. The number of hydrogen-bond acceptors (Lipinski definition) is 3. The van der Waals surface area contributed by atoms with Crippen molar-refractivity contribution in [2.45, 2.75) is 6.18 Å². The summed E-state index contributed by atoms with van der Waals surface area (Å²) >= 11 is 5.68. The molecule has 3 rings (SSSR count). The number of hydrogen-bond donors (Lipinski definition) is 2. The van der Waals surface area contributed by atoms with Crippen LogP contribution < -0.4 is 15.5 Å². The van der Waals surface area contributed by atoms with Crippen LogP contribution in [0, 0.1) is 11.7 Å². The average molecular weight is 430 g/mol. The number of halogens is 5. The van der Waals surface area contributed by atoms with Gasteiger partial charge >= 0.3 is 12.2 Å². The number of alkyl halides is 3. The number of benzene rings is 2. The molecule has 0 radical (unpaired) electrons. The Bertz CT molecular complexity index is 979. The Hall–Kier alpha value is -3.14. The monoisotopic (exact) mass is 429 g/mol. The van der Waals surface area contributed by atoms with E-state index in [2.05, 4.69) is 10.6 Å². The molecule has 6 nitrogen and oxygen atoms in total. The van der Waals surface area contributed by atoms with Gasteiger partial charge in [0.2, 0.25) is 11.8 Å². The van der Waals surface area contributed by atoms with Crippen LogP contribution in [0.1, 0.15) is 5.56 Å². The van der Waals surface area contributed by atoms with E-state index in [-0.39, 0.29) is 22.9 Å². The van der Waals surface area contributed by atoms with Crippen LogP contribution >= 0.6 is 11.6 Å². The zero-order chi connectivity index (χ0) is 21.3. The molecule has 1 unspecified atom stereocenters. The van der Waals surface area contributed by atoms with Crippen LogP contribution in [-0.4, -0.2) is 24.4 Å². The minimum absolute atomic E-state index is 0.0362. The highest BCUT2D eigenvalue weighted by Gasteiger charge is 2.39. The highest BCUT2D eigenvalue weighted by molar-refractivity contribution is 6.31. The minimum Gasteiger partial charge on any atom is -0.336 e. The molecule has 1 fully saturated rings. The summed E-state index contributed by atoms with van der Waals surface area (Å²) in [6, 6.07) is 6.01. The molecule has 1 aliphatic rings. The molecule has 152 valence electrons. The fourth-order valence-corrected chi connectivity index (χ4v) is 2.83. The Balaban J connectivity index is 1.78. The maximum atomic E-state index is 13.3. The average Bonchev–Trinajstić information content (AvgIpc) is 2.64. The molecule has 2 aromatic carbocycles. The summed E-state index contributed by atoms with van der Waals surface area (Å²) in [7, 11) is 0. The largest absolute Gasteiger partial charge is 0.416 e. The van der Waals surface area contributed by atoms with Gasteiger partial charge in [0, 0.05) is 12.2 Å². The molecule has 1 aliphatic heterocycles. The van der Waals surface area contributed by atoms with Crippen molar-refractivity contribution < 1.29 is 31.9 Å². The highest BCUT2D eigenvalue weighted by Crippen LogP contribution is 2.30. The van der Waals surface area contributed by atoms with Gasteiger partial charge in [0.25, 0.3) is 0 Å². The number of urea groups is 1. The lowest BCUT2D eigenvalue weighted by Gasteiger charge is -2.30. The lowest BCUT2D eigenvalue weighted by atomic mass is 10.0. The van der Waals surface area contributed by atoms with Crippen molar-refractivity contribution in [3.05, 3.63) is 58.9 Å². The molecular formula is C18H12ClF4N3O3. The molecular weight excluding hydrogens is 418 g/mol. The van der Waals surface area contributed by atoms with Gasteiger partial charge in [0.05, 0.1) is 16.3 Å². The van der Waals surface area contributed by atoms with Crippen molar-refractivity contribution in [2.75, 3.05) is 16.8 Å². The van der Waals surface area contributed by atoms with Gasteiger partial charge in [0.1, 0.15) is 11.7 Å². The van der Waals surface area contributed by atoms with Gasteiger partial charge in [-0.3, -0.25) is 9.59 Å².